The van der Waals surface area contributed by atoms with Gasteiger partial charge in [-0.05, 0) is 43.3 Å². The minimum atomic E-state index is 0. The number of hydrogen-bond acceptors (Lipinski definition) is 2. The summed E-state index contributed by atoms with van der Waals surface area (Å²) in [5.74, 6) is 3.12. The van der Waals surface area contributed by atoms with E-state index >= 15 is 0 Å². The normalized spacial score (nSPS) is 21.8. The van der Waals surface area contributed by atoms with Gasteiger partial charge in [0.15, 0.2) is 5.96 Å². The van der Waals surface area contributed by atoms with Crippen molar-refractivity contribution in [3.8, 4) is 0 Å². The van der Waals surface area contributed by atoms with E-state index < -0.39 is 0 Å². The second-order valence-corrected chi connectivity index (χ2v) is 6.32. The van der Waals surface area contributed by atoms with E-state index in [9.17, 15) is 0 Å². The molecular formula is C13H26IN3S. The Morgan fingerprint density at radius 1 is 1.33 bits per heavy atom. The summed E-state index contributed by atoms with van der Waals surface area (Å²) in [4.78, 5) is 4.29. The van der Waals surface area contributed by atoms with E-state index in [1.165, 1.54) is 32.1 Å². The Labute approximate surface area is 132 Å². The molecule has 0 aromatic rings. The Hall–Kier alpha value is 0.350. The summed E-state index contributed by atoms with van der Waals surface area (Å²) in [7, 11) is 1.86. The van der Waals surface area contributed by atoms with Gasteiger partial charge in [0.25, 0.3) is 0 Å². The lowest BCUT2D eigenvalue weighted by Gasteiger charge is -2.43. The molecule has 18 heavy (non-hydrogen) atoms. The van der Waals surface area contributed by atoms with Crippen LogP contribution in [0.1, 0.15) is 32.1 Å². The summed E-state index contributed by atoms with van der Waals surface area (Å²) in [5, 5.41) is 6.89. The average Bonchev–Trinajstić information content (AvgIpc) is 3.10. The largest absolute Gasteiger partial charge is 0.356 e. The molecule has 0 spiro atoms. The molecule has 2 fully saturated rings. The van der Waals surface area contributed by atoms with Crippen molar-refractivity contribution in [1.29, 1.82) is 0 Å². The topological polar surface area (TPSA) is 36.4 Å². The van der Waals surface area contributed by atoms with Crippen molar-refractivity contribution in [2.24, 2.45) is 16.3 Å². The molecule has 0 radical (unpaired) electrons. The van der Waals surface area contributed by atoms with Gasteiger partial charge in [-0.25, -0.2) is 0 Å². The van der Waals surface area contributed by atoms with Gasteiger partial charge in [0, 0.05) is 25.9 Å². The van der Waals surface area contributed by atoms with Crippen molar-refractivity contribution >= 4 is 41.7 Å². The van der Waals surface area contributed by atoms with Gasteiger partial charge in [-0.2, -0.15) is 11.8 Å². The summed E-state index contributed by atoms with van der Waals surface area (Å²) >= 11 is 1.86. The van der Waals surface area contributed by atoms with Crippen molar-refractivity contribution in [2.45, 2.75) is 32.1 Å². The molecule has 0 bridgehead atoms. The van der Waals surface area contributed by atoms with Crippen LogP contribution in [0.3, 0.4) is 0 Å². The molecule has 0 saturated heterocycles. The van der Waals surface area contributed by atoms with Crippen molar-refractivity contribution in [3.05, 3.63) is 0 Å². The molecule has 2 aliphatic rings. The first-order valence-electron chi connectivity index (χ1n) is 6.74. The van der Waals surface area contributed by atoms with E-state index in [1.807, 2.05) is 18.8 Å². The van der Waals surface area contributed by atoms with Gasteiger partial charge in [-0.1, -0.05) is 6.42 Å². The van der Waals surface area contributed by atoms with Gasteiger partial charge in [0.2, 0.25) is 0 Å². The molecular weight excluding hydrogens is 357 g/mol. The molecule has 2 rings (SSSR count). The molecule has 0 aromatic heterocycles. The molecule has 0 heterocycles. The molecule has 0 unspecified atom stereocenters. The van der Waals surface area contributed by atoms with Crippen LogP contribution in [-0.4, -0.2) is 38.1 Å². The summed E-state index contributed by atoms with van der Waals surface area (Å²) in [6.45, 7) is 2.12. The smallest absolute Gasteiger partial charge is 0.191 e. The molecule has 2 saturated carbocycles. The molecule has 0 amide bonds. The highest BCUT2D eigenvalue weighted by Crippen LogP contribution is 2.56. The van der Waals surface area contributed by atoms with Gasteiger partial charge >= 0.3 is 0 Å². The van der Waals surface area contributed by atoms with Crippen LogP contribution in [0.5, 0.6) is 0 Å². The average molecular weight is 383 g/mol. The van der Waals surface area contributed by atoms with Crippen LogP contribution in [0, 0.1) is 11.3 Å². The number of rotatable bonds is 6. The first-order chi connectivity index (χ1) is 8.30. The summed E-state index contributed by atoms with van der Waals surface area (Å²) in [6, 6.07) is 0. The lowest BCUT2D eigenvalue weighted by molar-refractivity contribution is 0.106. The third-order valence-corrected chi connectivity index (χ3v) is 4.84. The van der Waals surface area contributed by atoms with Crippen LogP contribution in [0.25, 0.3) is 0 Å². The van der Waals surface area contributed by atoms with Crippen LogP contribution in [0.15, 0.2) is 4.99 Å². The SMILES string of the molecule is CN=C(NCCSC)NCC1(C2CC2)CCC1.I. The van der Waals surface area contributed by atoms with E-state index in [-0.39, 0.29) is 24.0 Å². The number of aliphatic imine (C=N–C) groups is 1. The van der Waals surface area contributed by atoms with Crippen LogP contribution in [0.2, 0.25) is 0 Å². The van der Waals surface area contributed by atoms with E-state index in [2.05, 4.69) is 21.9 Å². The monoisotopic (exact) mass is 383 g/mol. The standard InChI is InChI=1S/C13H25N3S.HI/c1-14-12(15-8-9-17-2)16-10-13(6-3-7-13)11-4-5-11;/h11H,3-10H2,1-2H3,(H2,14,15,16);1H. The summed E-state index contributed by atoms with van der Waals surface area (Å²) in [6.07, 6.45) is 9.32. The maximum absolute atomic E-state index is 4.29. The lowest BCUT2D eigenvalue weighted by atomic mass is 9.65. The number of thioether (sulfide) groups is 1. The molecule has 106 valence electrons. The number of nitrogens with zero attached hydrogens (tertiary/aromatic N) is 1. The van der Waals surface area contributed by atoms with Crippen LogP contribution < -0.4 is 10.6 Å². The fourth-order valence-electron chi connectivity index (χ4n) is 2.81. The summed E-state index contributed by atoms with van der Waals surface area (Å²) in [5.41, 5.74) is 0.622. The molecule has 0 aromatic carbocycles. The maximum Gasteiger partial charge on any atom is 0.191 e. The molecule has 0 atom stereocenters. The van der Waals surface area contributed by atoms with Gasteiger partial charge in [-0.15, -0.1) is 24.0 Å². The fourth-order valence-corrected chi connectivity index (χ4v) is 3.11. The van der Waals surface area contributed by atoms with Crippen LogP contribution in [0.4, 0.5) is 0 Å². The number of halogens is 1. The highest BCUT2D eigenvalue weighted by molar-refractivity contribution is 14.0. The first kappa shape index (κ1) is 16.4. The molecule has 5 heteroatoms. The zero-order valence-electron chi connectivity index (χ0n) is 11.5. The van der Waals surface area contributed by atoms with Gasteiger partial charge in [0.1, 0.15) is 0 Å². The second-order valence-electron chi connectivity index (χ2n) is 5.34. The predicted molar refractivity (Wildman–Crippen MR) is 92.2 cm³/mol. The Morgan fingerprint density at radius 3 is 2.50 bits per heavy atom. The van der Waals surface area contributed by atoms with E-state index in [4.69, 9.17) is 0 Å². The van der Waals surface area contributed by atoms with Crippen molar-refractivity contribution < 1.29 is 0 Å². The summed E-state index contributed by atoms with van der Waals surface area (Å²) < 4.78 is 0. The lowest BCUT2D eigenvalue weighted by Crippen LogP contribution is -2.47. The van der Waals surface area contributed by atoms with Crippen LogP contribution >= 0.6 is 35.7 Å². The molecule has 0 aliphatic heterocycles. The Bertz CT molecular complexity index is 275. The number of hydrogen-bond donors (Lipinski definition) is 2. The minimum Gasteiger partial charge on any atom is -0.356 e. The van der Waals surface area contributed by atoms with Gasteiger partial charge in [0.05, 0.1) is 0 Å². The quantitative estimate of drug-likeness (QED) is 0.321. The molecule has 2 aliphatic carbocycles. The molecule has 2 N–H and O–H groups in total. The van der Waals surface area contributed by atoms with Crippen LogP contribution in [-0.2, 0) is 0 Å². The maximum atomic E-state index is 4.29. The highest BCUT2D eigenvalue weighted by atomic mass is 127. The number of nitrogens with one attached hydrogen (secondary N) is 2. The van der Waals surface area contributed by atoms with Crippen molar-refractivity contribution in [3.63, 3.8) is 0 Å². The Kier molecular flexibility index (Phi) is 7.13. The third kappa shape index (κ3) is 4.18. The van der Waals surface area contributed by atoms with E-state index in [0.29, 0.717) is 5.41 Å². The zero-order chi connectivity index (χ0) is 12.1. The van der Waals surface area contributed by atoms with Crippen molar-refractivity contribution in [1.82, 2.24) is 10.6 Å². The van der Waals surface area contributed by atoms with Gasteiger partial charge < -0.3 is 10.6 Å². The highest BCUT2D eigenvalue weighted by Gasteiger charge is 2.48. The minimum absolute atomic E-state index is 0. The van der Waals surface area contributed by atoms with Crippen molar-refractivity contribution in [2.75, 3.05) is 32.1 Å². The van der Waals surface area contributed by atoms with E-state index in [0.717, 1.165) is 30.7 Å². The molecule has 3 nitrogen and oxygen atoms in total. The number of guanidine groups is 1. The second kappa shape index (κ2) is 7.82. The fraction of sp³-hybridized carbons (Fsp3) is 0.923. The third-order valence-electron chi connectivity index (χ3n) is 4.22. The van der Waals surface area contributed by atoms with Gasteiger partial charge in [-0.3, -0.25) is 4.99 Å². The Balaban J connectivity index is 0.00000162. The van der Waals surface area contributed by atoms with E-state index in [1.54, 1.807) is 0 Å². The first-order valence-corrected chi connectivity index (χ1v) is 8.13. The zero-order valence-corrected chi connectivity index (χ0v) is 14.6. The Morgan fingerprint density at radius 2 is 2.06 bits per heavy atom. The predicted octanol–water partition coefficient (Wildman–Crippen LogP) is 2.71.